The molecule has 0 atom stereocenters. The first kappa shape index (κ1) is 4.67. The Kier molecular flexibility index (Phi) is 2.86. The minimum absolute atomic E-state index is 1.22. The molecule has 0 rings (SSSR count). The minimum Gasteiger partial charge on any atom is -0.265 e. The van der Waals surface area contributed by atoms with Crippen LogP contribution in [0.4, 0.5) is 0 Å². The second-order valence-corrected chi connectivity index (χ2v) is 0.386. The zero-order valence-corrected chi connectivity index (χ0v) is 2.80. The number of hydrogen-bond acceptors (Lipinski definition) is 4. The molecule has 1 N–H and O–H groups in total. The third kappa shape index (κ3) is 2.67. The third-order valence-electron chi connectivity index (χ3n) is 0.132. The molecule has 0 amide bonds. The van der Waals surface area contributed by atoms with Crippen molar-refractivity contribution in [2.45, 2.75) is 0 Å². The molecule has 30 valence electrons. The highest BCUT2D eigenvalue weighted by Gasteiger charge is 1.57. The van der Waals surface area contributed by atoms with Crippen LogP contribution in [-0.4, -0.2) is 6.01 Å². The van der Waals surface area contributed by atoms with E-state index in [1.54, 1.807) is 0 Å². The Hall–Kier alpha value is -1.33. The van der Waals surface area contributed by atoms with E-state index >= 15 is 0 Å². The van der Waals surface area contributed by atoms with Crippen molar-refractivity contribution in [1.82, 2.24) is 0 Å². The molecule has 6 heavy (non-hydrogen) atoms. The normalized spacial score (nSPS) is 4.50. The molecule has 0 spiro atoms. The van der Waals surface area contributed by atoms with Crippen LogP contribution in [0.1, 0.15) is 0 Å². The highest BCUT2D eigenvalue weighted by Crippen LogP contribution is 1.59. The summed E-state index contributed by atoms with van der Waals surface area (Å²) < 4.78 is 0. The van der Waals surface area contributed by atoms with Gasteiger partial charge in [0.15, 0.2) is 0 Å². The van der Waals surface area contributed by atoms with Crippen LogP contribution in [0.5, 0.6) is 0 Å². The van der Waals surface area contributed by atoms with E-state index in [-0.39, 0.29) is 0 Å². The second-order valence-electron chi connectivity index (χ2n) is 0.386. The van der Waals surface area contributed by atoms with Crippen molar-refractivity contribution in [2.75, 3.05) is 0 Å². The summed E-state index contributed by atoms with van der Waals surface area (Å²) in [5.74, 6) is 0. The Morgan fingerprint density at radius 2 is 2.50 bits per heavy atom. The summed E-state index contributed by atoms with van der Waals surface area (Å²) in [5.41, 5.74) is 0. The average molecular weight is 83.0 g/mol. The fraction of sp³-hybridized carbons (Fsp3) is 0. The van der Waals surface area contributed by atoms with Crippen molar-refractivity contribution < 1.29 is 4.84 Å². The van der Waals surface area contributed by atoms with Crippen molar-refractivity contribution in [3.8, 4) is 6.26 Å². The largest absolute Gasteiger partial charge is 0.317 e. The van der Waals surface area contributed by atoms with Crippen LogP contribution in [0, 0.1) is 16.9 Å². The van der Waals surface area contributed by atoms with Crippen molar-refractivity contribution in [1.29, 1.82) is 10.7 Å². The van der Waals surface area contributed by atoms with Crippen molar-refractivity contribution in [3.63, 3.8) is 0 Å². The van der Waals surface area contributed by atoms with Gasteiger partial charge in [0.2, 0.25) is 0 Å². The molecule has 0 bridgehead atoms. The highest BCUT2D eigenvalue weighted by molar-refractivity contribution is 5.34. The van der Waals surface area contributed by atoms with E-state index < -0.39 is 0 Å². The second kappa shape index (κ2) is 3.67. The lowest BCUT2D eigenvalue weighted by molar-refractivity contribution is 0.293. The number of nitriles is 1. The van der Waals surface area contributed by atoms with Crippen LogP contribution < -0.4 is 0 Å². The lowest BCUT2D eigenvalue weighted by Crippen LogP contribution is -1.58. The summed E-state index contributed by atoms with van der Waals surface area (Å²) in [7, 11) is 0. The molecule has 0 saturated carbocycles. The van der Waals surface area contributed by atoms with Gasteiger partial charge in [-0.3, -0.25) is 4.84 Å². The maximum Gasteiger partial charge on any atom is 0.317 e. The molecule has 0 aromatic carbocycles. The topological polar surface area (TPSA) is 69.2 Å². The monoisotopic (exact) mass is 83.0 g/mol. The van der Waals surface area contributed by atoms with Gasteiger partial charge < -0.3 is 0 Å². The summed E-state index contributed by atoms with van der Waals surface area (Å²) in [5, 5.41) is 16.2. The molecule has 0 heterocycles. The Labute approximate surface area is 34.1 Å². The Morgan fingerprint density at radius 1 is 1.83 bits per heavy atom. The lowest BCUT2D eigenvalue weighted by Gasteiger charge is -1.63. The van der Waals surface area contributed by atoms with Crippen molar-refractivity contribution >= 4 is 6.01 Å². The third-order valence-corrected chi connectivity index (χ3v) is 0.132. The van der Waals surface area contributed by atoms with Gasteiger partial charge in [0.25, 0.3) is 0 Å². The first-order chi connectivity index (χ1) is 2.91. The van der Waals surface area contributed by atoms with E-state index in [0.29, 0.717) is 0 Å². The zero-order chi connectivity index (χ0) is 4.83. The predicted octanol–water partition coefficient (Wildman–Crippen LogP) is 0.152. The quantitative estimate of drug-likeness (QED) is 0.278. The highest BCUT2D eigenvalue weighted by atomic mass is 16.6. The summed E-state index contributed by atoms with van der Waals surface area (Å²) in [6.45, 7) is 0. The van der Waals surface area contributed by atoms with Crippen molar-refractivity contribution in [3.05, 3.63) is 0 Å². The van der Waals surface area contributed by atoms with E-state index in [4.69, 9.17) is 10.7 Å². The van der Waals surface area contributed by atoms with Crippen LogP contribution in [0.3, 0.4) is 0 Å². The fourth-order valence-corrected chi connectivity index (χ4v) is 0.0432. The SMILES string of the molecule is N#CON=C=N. The Morgan fingerprint density at radius 3 is 2.67 bits per heavy atom. The maximum absolute atomic E-state index is 7.51. The molecule has 0 aromatic rings. The molecule has 0 aromatic heterocycles. The molecule has 0 fully saturated rings. The summed E-state index contributed by atoms with van der Waals surface area (Å²) in [4.78, 5) is 3.61. The van der Waals surface area contributed by atoms with Gasteiger partial charge in [-0.05, 0) is 0 Å². The molecular weight excluding hydrogens is 82.0 g/mol. The van der Waals surface area contributed by atoms with Crippen LogP contribution in [0.2, 0.25) is 0 Å². The van der Waals surface area contributed by atoms with Crippen LogP contribution in [0.25, 0.3) is 0 Å². The number of rotatable bonds is 1. The molecule has 0 aliphatic heterocycles. The molecule has 0 aliphatic rings. The number of hydrogen-bond donors (Lipinski definition) is 1. The summed E-state index contributed by atoms with van der Waals surface area (Å²) in [6, 6.07) is 1.50. The molecule has 4 nitrogen and oxygen atoms in total. The molecule has 0 aliphatic carbocycles. The van der Waals surface area contributed by atoms with Crippen LogP contribution in [-0.2, 0) is 4.84 Å². The number of nitrogens with one attached hydrogen (secondary N) is 1. The van der Waals surface area contributed by atoms with Crippen LogP contribution >= 0.6 is 0 Å². The van der Waals surface area contributed by atoms with Crippen molar-refractivity contribution in [2.24, 2.45) is 5.16 Å². The van der Waals surface area contributed by atoms with Gasteiger partial charge in [-0.25, -0.2) is 5.41 Å². The zero-order valence-electron chi connectivity index (χ0n) is 2.80. The summed E-state index contributed by atoms with van der Waals surface area (Å²) >= 11 is 0. The van der Waals surface area contributed by atoms with Gasteiger partial charge in [-0.15, -0.1) is 5.26 Å². The van der Waals surface area contributed by atoms with Gasteiger partial charge in [0.05, 0.1) is 0 Å². The molecule has 0 unspecified atom stereocenters. The maximum atomic E-state index is 7.51. The molecule has 0 radical (unpaired) electrons. The summed E-state index contributed by atoms with van der Waals surface area (Å²) in [6.07, 6.45) is 1.22. The smallest absolute Gasteiger partial charge is 0.265 e. The van der Waals surface area contributed by atoms with Crippen LogP contribution in [0.15, 0.2) is 5.16 Å². The van der Waals surface area contributed by atoms with Gasteiger partial charge in [-0.2, -0.15) is 0 Å². The van der Waals surface area contributed by atoms with E-state index in [1.165, 1.54) is 12.3 Å². The van der Waals surface area contributed by atoms with E-state index in [1.807, 2.05) is 0 Å². The van der Waals surface area contributed by atoms with E-state index in [0.717, 1.165) is 0 Å². The lowest BCUT2D eigenvalue weighted by atomic mass is 11.5. The van der Waals surface area contributed by atoms with Gasteiger partial charge in [-0.1, -0.05) is 0 Å². The first-order valence-corrected chi connectivity index (χ1v) is 1.08. The molecule has 4 heteroatoms. The van der Waals surface area contributed by atoms with E-state index in [2.05, 4.69) is 9.99 Å². The minimum atomic E-state index is 1.22. The predicted molar refractivity (Wildman–Crippen MR) is 16.9 cm³/mol. The average Bonchev–Trinajstić information content (AvgIpc) is 1.61. The fourth-order valence-electron chi connectivity index (χ4n) is 0.0432. The number of nitrogens with zero attached hydrogens (tertiary/aromatic N) is 2. The van der Waals surface area contributed by atoms with Gasteiger partial charge >= 0.3 is 6.26 Å². The van der Waals surface area contributed by atoms with Gasteiger partial charge in [0.1, 0.15) is 6.01 Å². The van der Waals surface area contributed by atoms with Gasteiger partial charge in [0, 0.05) is 5.16 Å². The Bertz CT molecular complexity index is 106. The first-order valence-electron chi connectivity index (χ1n) is 1.08. The standard InChI is InChI=1S/C2HN3O/c3-1-5-6-2-4/h3H. The van der Waals surface area contributed by atoms with E-state index in [9.17, 15) is 0 Å². The molecular formula is C2HN3O. The Balaban J connectivity index is 3.16. The molecule has 0 saturated heterocycles.